The van der Waals surface area contributed by atoms with Crippen LogP contribution in [0.15, 0.2) is 115 Å². The summed E-state index contributed by atoms with van der Waals surface area (Å²) in [4.78, 5) is 0. The average molecular weight is 275 g/mol. The Morgan fingerprint density at radius 2 is 0.619 bits per heavy atom. The van der Waals surface area contributed by atoms with Crippen LogP contribution >= 0.6 is 0 Å². The van der Waals surface area contributed by atoms with Gasteiger partial charge in [0.25, 0.3) is 0 Å². The molecule has 0 aromatic rings. The molecule has 0 amide bonds. The lowest BCUT2D eigenvalue weighted by atomic mass is 10.3. The Morgan fingerprint density at radius 1 is 0.381 bits per heavy atom. The summed E-state index contributed by atoms with van der Waals surface area (Å²) >= 11 is 0. The lowest BCUT2D eigenvalue weighted by Crippen LogP contribution is -1.53. The fourth-order valence-corrected chi connectivity index (χ4v) is 1.14. The molecule has 0 atom stereocenters. The van der Waals surface area contributed by atoms with Gasteiger partial charge in [0.2, 0.25) is 0 Å². The molecule has 0 heteroatoms. The van der Waals surface area contributed by atoms with Gasteiger partial charge in [-0.05, 0) is 6.92 Å². The Bertz CT molecular complexity index is 498. The molecule has 0 unspecified atom stereocenters. The van der Waals surface area contributed by atoms with Crippen LogP contribution in [0, 0.1) is 6.58 Å². The monoisotopic (exact) mass is 275 g/mol. The van der Waals surface area contributed by atoms with Crippen molar-refractivity contribution in [3.8, 4) is 0 Å². The maximum atomic E-state index is 5.20. The van der Waals surface area contributed by atoms with Gasteiger partial charge in [-0.25, -0.2) is 0 Å². The first-order chi connectivity index (χ1) is 10.4. The van der Waals surface area contributed by atoms with Crippen LogP contribution in [0.5, 0.6) is 0 Å². The predicted molar refractivity (Wildman–Crippen MR) is 96.8 cm³/mol. The summed E-state index contributed by atoms with van der Waals surface area (Å²) in [5.41, 5.74) is 0. The number of hydrogen-bond donors (Lipinski definition) is 0. The average Bonchev–Trinajstić information content (AvgIpc) is 2.50. The molecule has 0 aliphatic carbocycles. The highest BCUT2D eigenvalue weighted by Crippen LogP contribution is 1.86. The predicted octanol–water partition coefficient (Wildman–Crippen LogP) is 6.00. The topological polar surface area (TPSA) is 0 Å². The second-order valence-electron chi connectivity index (χ2n) is 3.80. The molecular weight excluding hydrogens is 252 g/mol. The highest BCUT2D eigenvalue weighted by Gasteiger charge is 1.64. The lowest BCUT2D eigenvalue weighted by Gasteiger charge is -1.75. The van der Waals surface area contributed by atoms with E-state index in [1.54, 1.807) is 6.08 Å². The van der Waals surface area contributed by atoms with Crippen molar-refractivity contribution in [1.29, 1.82) is 0 Å². The summed E-state index contributed by atoms with van der Waals surface area (Å²) in [6.45, 7) is 7.19. The third-order valence-electron chi connectivity index (χ3n) is 2.08. The molecule has 0 nitrogen and oxygen atoms in total. The Morgan fingerprint density at radius 3 is 0.857 bits per heavy atom. The van der Waals surface area contributed by atoms with Crippen LogP contribution in [0.2, 0.25) is 0 Å². The molecular formula is C21H23. The smallest absolute Gasteiger partial charge is 0.0467 e. The molecule has 0 fully saturated rings. The van der Waals surface area contributed by atoms with E-state index in [9.17, 15) is 0 Å². The second kappa shape index (κ2) is 17.4. The molecule has 0 N–H and O–H groups in total. The summed E-state index contributed by atoms with van der Waals surface area (Å²) in [7, 11) is 0. The normalized spacial score (nSPS) is 14.3. The van der Waals surface area contributed by atoms with Crippen LogP contribution in [0.1, 0.15) is 6.92 Å². The van der Waals surface area contributed by atoms with E-state index in [0.29, 0.717) is 0 Å². The van der Waals surface area contributed by atoms with Crippen molar-refractivity contribution in [3.05, 3.63) is 122 Å². The van der Waals surface area contributed by atoms with E-state index >= 15 is 0 Å². The van der Waals surface area contributed by atoms with E-state index in [2.05, 4.69) is 0 Å². The molecule has 0 aliphatic heterocycles. The zero-order valence-corrected chi connectivity index (χ0v) is 12.5. The van der Waals surface area contributed by atoms with Crippen LogP contribution in [0.4, 0.5) is 0 Å². The van der Waals surface area contributed by atoms with Crippen molar-refractivity contribution in [1.82, 2.24) is 0 Å². The zero-order chi connectivity index (χ0) is 15.4. The fraction of sp³-hybridized carbons (Fsp3) is 0.0476. The Labute approximate surface area is 129 Å². The van der Waals surface area contributed by atoms with Gasteiger partial charge in [-0.1, -0.05) is 122 Å². The van der Waals surface area contributed by atoms with Crippen molar-refractivity contribution in [2.75, 3.05) is 0 Å². The van der Waals surface area contributed by atoms with Gasteiger partial charge in [0, 0.05) is 0 Å². The van der Waals surface area contributed by atoms with Crippen LogP contribution < -0.4 is 0 Å². The summed E-state index contributed by atoms with van der Waals surface area (Å²) in [6, 6.07) is 0. The highest BCUT2D eigenvalue weighted by molar-refractivity contribution is 5.22. The number of hydrogen-bond acceptors (Lipinski definition) is 0. The molecule has 21 heavy (non-hydrogen) atoms. The molecule has 0 spiro atoms. The lowest BCUT2D eigenvalue weighted by molar-refractivity contribution is 1.73. The van der Waals surface area contributed by atoms with E-state index in [1.807, 2.05) is 110 Å². The second-order valence-corrected chi connectivity index (χ2v) is 3.80. The molecule has 0 heterocycles. The Balaban J connectivity index is 3.87. The van der Waals surface area contributed by atoms with Gasteiger partial charge in [-0.2, -0.15) is 0 Å². The quantitative estimate of drug-likeness (QED) is 0.453. The van der Waals surface area contributed by atoms with Gasteiger partial charge in [0.15, 0.2) is 0 Å². The third kappa shape index (κ3) is 17.4. The third-order valence-corrected chi connectivity index (χ3v) is 2.08. The molecule has 0 aromatic carbocycles. The minimum Gasteiger partial charge on any atom is -0.0877 e. The summed E-state index contributed by atoms with van der Waals surface area (Å²) in [5.74, 6) is 0. The number of allylic oxidation sites excluding steroid dienone is 19. The minimum absolute atomic E-state index is 1.50. The van der Waals surface area contributed by atoms with Gasteiger partial charge >= 0.3 is 0 Å². The molecule has 107 valence electrons. The first-order valence-corrected chi connectivity index (χ1v) is 6.91. The van der Waals surface area contributed by atoms with E-state index in [1.165, 1.54) is 6.08 Å². The summed E-state index contributed by atoms with van der Waals surface area (Å²) < 4.78 is 0. The van der Waals surface area contributed by atoms with E-state index in [-0.39, 0.29) is 0 Å². The van der Waals surface area contributed by atoms with Gasteiger partial charge in [-0.15, -0.1) is 0 Å². The molecule has 0 saturated carbocycles. The minimum atomic E-state index is 1.50. The summed E-state index contributed by atoms with van der Waals surface area (Å²) in [6.07, 6.45) is 36.8. The van der Waals surface area contributed by atoms with Crippen molar-refractivity contribution in [2.24, 2.45) is 0 Å². The largest absolute Gasteiger partial charge is 0.0877 e. The van der Waals surface area contributed by atoms with Gasteiger partial charge in [0.1, 0.15) is 0 Å². The number of rotatable bonds is 9. The molecule has 1 radical (unpaired) electrons. The molecule has 0 aromatic heterocycles. The van der Waals surface area contributed by atoms with Crippen molar-refractivity contribution >= 4 is 0 Å². The van der Waals surface area contributed by atoms with Crippen LogP contribution in [-0.4, -0.2) is 0 Å². The van der Waals surface area contributed by atoms with Crippen LogP contribution in [0.3, 0.4) is 0 Å². The first kappa shape index (κ1) is 18.4. The maximum absolute atomic E-state index is 5.20. The molecule has 0 rings (SSSR count). The Kier molecular flexibility index (Phi) is 15.2. The van der Waals surface area contributed by atoms with Crippen molar-refractivity contribution < 1.29 is 0 Å². The van der Waals surface area contributed by atoms with E-state index in [4.69, 9.17) is 6.58 Å². The maximum Gasteiger partial charge on any atom is -0.0467 e. The highest BCUT2D eigenvalue weighted by atomic mass is 13.7. The van der Waals surface area contributed by atoms with E-state index < -0.39 is 0 Å². The first-order valence-electron chi connectivity index (χ1n) is 6.91. The van der Waals surface area contributed by atoms with Gasteiger partial charge < -0.3 is 0 Å². The van der Waals surface area contributed by atoms with Crippen LogP contribution in [0.25, 0.3) is 0 Å². The van der Waals surface area contributed by atoms with Gasteiger partial charge in [0.05, 0.1) is 0 Å². The summed E-state index contributed by atoms with van der Waals surface area (Å²) in [5, 5.41) is 0. The molecule has 0 saturated heterocycles. The fourth-order valence-electron chi connectivity index (χ4n) is 1.14. The molecule has 0 aliphatic rings. The van der Waals surface area contributed by atoms with Crippen molar-refractivity contribution in [2.45, 2.75) is 6.92 Å². The van der Waals surface area contributed by atoms with Crippen LogP contribution in [-0.2, 0) is 0 Å². The standard InChI is InChI=1S/C21H23/c1-3-5-7-9-11-13-15-17-19-21-20-18-16-14-12-10-8-6-4-2/h1,3-21H,2H3. The van der Waals surface area contributed by atoms with Gasteiger partial charge in [-0.3, -0.25) is 0 Å². The molecule has 0 bridgehead atoms. The Hall–Kier alpha value is -2.60. The van der Waals surface area contributed by atoms with E-state index in [0.717, 1.165) is 0 Å². The van der Waals surface area contributed by atoms with Crippen molar-refractivity contribution in [3.63, 3.8) is 0 Å². The SMILES string of the molecule is [CH]=CC=CC=CC=CC=CC=CC=CC=CC=CC=CC. The zero-order valence-electron chi connectivity index (χ0n) is 12.5.